The number of halogens is 1. The van der Waals surface area contributed by atoms with E-state index in [2.05, 4.69) is 22.9 Å². The third-order valence-corrected chi connectivity index (χ3v) is 3.46. The summed E-state index contributed by atoms with van der Waals surface area (Å²) in [6.45, 7) is 3.95. The van der Waals surface area contributed by atoms with Crippen molar-refractivity contribution in [3.63, 3.8) is 0 Å². The summed E-state index contributed by atoms with van der Waals surface area (Å²) in [5.41, 5.74) is 5.47. The normalized spacial score (nSPS) is 13.9. The Morgan fingerprint density at radius 1 is 1.22 bits per heavy atom. The molecule has 0 fully saturated rings. The van der Waals surface area contributed by atoms with Crippen molar-refractivity contribution in [1.82, 2.24) is 4.98 Å². The maximum atomic E-state index is 6.34. The highest BCUT2D eigenvalue weighted by atomic mass is 35.5. The van der Waals surface area contributed by atoms with E-state index in [0.29, 0.717) is 0 Å². The van der Waals surface area contributed by atoms with Crippen LogP contribution >= 0.6 is 11.6 Å². The monoisotopic (exact) mass is 256 g/mol. The van der Waals surface area contributed by atoms with Gasteiger partial charge in [0.25, 0.3) is 0 Å². The molecule has 1 aliphatic heterocycles. The third-order valence-electron chi connectivity index (χ3n) is 3.16. The summed E-state index contributed by atoms with van der Waals surface area (Å²) in [4.78, 5) is 4.14. The summed E-state index contributed by atoms with van der Waals surface area (Å²) in [7, 11) is 0. The lowest BCUT2D eigenvalue weighted by Crippen LogP contribution is -2.09. The molecule has 1 N–H and O–H groups in total. The number of aromatic nitrogens is 1. The van der Waals surface area contributed by atoms with Gasteiger partial charge in [0.15, 0.2) is 0 Å². The molecule has 0 aliphatic carbocycles. The van der Waals surface area contributed by atoms with Crippen molar-refractivity contribution in [3.05, 3.63) is 59.5 Å². The first-order chi connectivity index (χ1) is 8.74. The minimum Gasteiger partial charge on any atom is -0.358 e. The molecule has 18 heavy (non-hydrogen) atoms. The van der Waals surface area contributed by atoms with E-state index < -0.39 is 0 Å². The van der Waals surface area contributed by atoms with Crippen LogP contribution in [0, 0.1) is 0 Å². The molecule has 3 heteroatoms. The second kappa shape index (κ2) is 4.46. The summed E-state index contributed by atoms with van der Waals surface area (Å²) < 4.78 is 0. The van der Waals surface area contributed by atoms with Gasteiger partial charge in [0.05, 0.1) is 10.7 Å². The quantitative estimate of drug-likeness (QED) is 0.824. The van der Waals surface area contributed by atoms with Crippen LogP contribution in [0.15, 0.2) is 48.9 Å². The first-order valence-corrected chi connectivity index (χ1v) is 6.29. The largest absolute Gasteiger partial charge is 0.358 e. The van der Waals surface area contributed by atoms with Crippen LogP contribution in [-0.2, 0) is 6.42 Å². The molecule has 0 atom stereocenters. The first kappa shape index (κ1) is 11.3. The molecule has 2 aromatic rings. The number of pyridine rings is 1. The van der Waals surface area contributed by atoms with Gasteiger partial charge in [-0.15, -0.1) is 0 Å². The fourth-order valence-corrected chi connectivity index (χ4v) is 2.51. The van der Waals surface area contributed by atoms with Gasteiger partial charge >= 0.3 is 0 Å². The zero-order valence-corrected chi connectivity index (χ0v) is 10.7. The lowest BCUT2D eigenvalue weighted by Gasteiger charge is -2.22. The molecule has 1 aromatic carbocycles. The van der Waals surface area contributed by atoms with Crippen LogP contribution in [0.2, 0.25) is 5.02 Å². The highest BCUT2D eigenvalue weighted by Gasteiger charge is 2.15. The van der Waals surface area contributed by atoms with Gasteiger partial charge in [0, 0.05) is 23.7 Å². The number of allylic oxidation sites excluding steroid dienone is 1. The van der Waals surface area contributed by atoms with E-state index in [9.17, 15) is 0 Å². The molecular weight excluding hydrogens is 244 g/mol. The van der Waals surface area contributed by atoms with E-state index >= 15 is 0 Å². The molecule has 90 valence electrons. The van der Waals surface area contributed by atoms with E-state index in [4.69, 9.17) is 11.6 Å². The molecule has 0 unspecified atom stereocenters. The molecule has 0 radical (unpaired) electrons. The maximum absolute atomic E-state index is 6.34. The number of hydrogen-bond acceptors (Lipinski definition) is 2. The van der Waals surface area contributed by atoms with Crippen LogP contribution in [0.1, 0.15) is 12.0 Å². The number of nitrogens with one attached hydrogen (secondary N) is 1. The minimum atomic E-state index is 0.743. The molecule has 2 heterocycles. The van der Waals surface area contributed by atoms with Crippen molar-refractivity contribution in [3.8, 4) is 11.1 Å². The van der Waals surface area contributed by atoms with Gasteiger partial charge in [0.1, 0.15) is 0 Å². The Bertz CT molecular complexity index is 605. The average molecular weight is 257 g/mol. The Hall–Kier alpha value is -1.80. The molecule has 0 saturated carbocycles. The molecule has 0 spiro atoms. The number of rotatable bonds is 1. The van der Waals surface area contributed by atoms with E-state index in [0.717, 1.165) is 40.4 Å². The van der Waals surface area contributed by atoms with Crippen molar-refractivity contribution in [1.29, 1.82) is 0 Å². The van der Waals surface area contributed by atoms with Crippen LogP contribution < -0.4 is 5.32 Å². The van der Waals surface area contributed by atoms with Gasteiger partial charge in [-0.2, -0.15) is 0 Å². The SMILES string of the molecule is C=C1CCc2cc(-c3cccnc3)cc(Cl)c2N1. The molecule has 0 bridgehead atoms. The van der Waals surface area contributed by atoms with E-state index in [1.54, 1.807) is 6.20 Å². The smallest absolute Gasteiger partial charge is 0.0649 e. The van der Waals surface area contributed by atoms with Gasteiger partial charge in [-0.25, -0.2) is 0 Å². The maximum Gasteiger partial charge on any atom is 0.0649 e. The summed E-state index contributed by atoms with van der Waals surface area (Å²) in [5, 5.41) is 4.01. The molecule has 0 saturated heterocycles. The van der Waals surface area contributed by atoms with Crippen molar-refractivity contribution < 1.29 is 0 Å². The van der Waals surface area contributed by atoms with Crippen LogP contribution in [-0.4, -0.2) is 4.98 Å². The Morgan fingerprint density at radius 3 is 2.89 bits per heavy atom. The van der Waals surface area contributed by atoms with E-state index in [1.165, 1.54) is 5.56 Å². The van der Waals surface area contributed by atoms with Crippen LogP contribution in [0.5, 0.6) is 0 Å². The Labute approximate surface area is 111 Å². The predicted octanol–water partition coefficient (Wildman–Crippen LogP) is 4.27. The van der Waals surface area contributed by atoms with Crippen molar-refractivity contribution in [2.24, 2.45) is 0 Å². The number of fused-ring (bicyclic) bond motifs is 1. The summed E-state index contributed by atoms with van der Waals surface area (Å²) >= 11 is 6.34. The number of aryl methyl sites for hydroxylation is 1. The Kier molecular flexibility index (Phi) is 2.80. The second-order valence-corrected chi connectivity index (χ2v) is 4.87. The van der Waals surface area contributed by atoms with Crippen LogP contribution in [0.3, 0.4) is 0 Å². The molecular formula is C15H13ClN2. The standard InChI is InChI=1S/C15H13ClN2/c1-10-4-5-11-7-13(8-14(16)15(11)18-10)12-3-2-6-17-9-12/h2-3,6-9,18H,1,4-5H2. The van der Waals surface area contributed by atoms with Crippen molar-refractivity contribution in [2.45, 2.75) is 12.8 Å². The Morgan fingerprint density at radius 2 is 2.11 bits per heavy atom. The second-order valence-electron chi connectivity index (χ2n) is 4.46. The zero-order valence-electron chi connectivity index (χ0n) is 9.91. The Balaban J connectivity index is 2.10. The van der Waals surface area contributed by atoms with E-state index in [1.807, 2.05) is 24.4 Å². The van der Waals surface area contributed by atoms with Gasteiger partial charge < -0.3 is 5.32 Å². The highest BCUT2D eigenvalue weighted by molar-refractivity contribution is 6.33. The van der Waals surface area contributed by atoms with Crippen molar-refractivity contribution in [2.75, 3.05) is 5.32 Å². The summed E-state index contributed by atoms with van der Waals surface area (Å²) in [6, 6.07) is 8.13. The topological polar surface area (TPSA) is 24.9 Å². The average Bonchev–Trinajstić information content (AvgIpc) is 2.40. The fraction of sp³-hybridized carbons (Fsp3) is 0.133. The van der Waals surface area contributed by atoms with Crippen LogP contribution in [0.25, 0.3) is 11.1 Å². The predicted molar refractivity (Wildman–Crippen MR) is 75.8 cm³/mol. The molecule has 1 aromatic heterocycles. The molecule has 0 amide bonds. The highest BCUT2D eigenvalue weighted by Crippen LogP contribution is 2.36. The van der Waals surface area contributed by atoms with E-state index in [-0.39, 0.29) is 0 Å². The van der Waals surface area contributed by atoms with Gasteiger partial charge in [-0.1, -0.05) is 24.2 Å². The number of nitrogens with zero attached hydrogens (tertiary/aromatic N) is 1. The fourth-order valence-electron chi connectivity index (χ4n) is 2.23. The van der Waals surface area contributed by atoms with Crippen LogP contribution in [0.4, 0.5) is 5.69 Å². The lowest BCUT2D eigenvalue weighted by atomic mass is 9.97. The number of anilines is 1. The molecule has 1 aliphatic rings. The summed E-state index contributed by atoms with van der Waals surface area (Å²) in [5.74, 6) is 0. The molecule has 2 nitrogen and oxygen atoms in total. The minimum absolute atomic E-state index is 0.743. The number of hydrogen-bond donors (Lipinski definition) is 1. The summed E-state index contributed by atoms with van der Waals surface area (Å²) in [6.07, 6.45) is 5.57. The molecule has 3 rings (SSSR count). The van der Waals surface area contributed by atoms with Gasteiger partial charge in [0.2, 0.25) is 0 Å². The third kappa shape index (κ3) is 2.00. The zero-order chi connectivity index (χ0) is 12.5. The van der Waals surface area contributed by atoms with Gasteiger partial charge in [-0.05, 0) is 42.2 Å². The van der Waals surface area contributed by atoms with Crippen molar-refractivity contribution >= 4 is 17.3 Å². The van der Waals surface area contributed by atoms with Gasteiger partial charge in [-0.3, -0.25) is 4.98 Å². The first-order valence-electron chi connectivity index (χ1n) is 5.91. The lowest BCUT2D eigenvalue weighted by molar-refractivity contribution is 0.919. The number of benzene rings is 1.